The fourth-order valence-electron chi connectivity index (χ4n) is 2.68. The molecule has 1 aliphatic heterocycles. The van der Waals surface area contributed by atoms with E-state index in [0.29, 0.717) is 16.5 Å². The van der Waals surface area contributed by atoms with E-state index in [-0.39, 0.29) is 30.4 Å². The molecule has 2 aromatic rings. The maximum absolute atomic E-state index is 13.5. The van der Waals surface area contributed by atoms with Gasteiger partial charge in [0.1, 0.15) is 11.6 Å². The van der Waals surface area contributed by atoms with Crippen LogP contribution in [0.3, 0.4) is 0 Å². The molecule has 28 heavy (non-hydrogen) atoms. The third-order valence-corrected chi connectivity index (χ3v) is 6.42. The first-order valence-corrected chi connectivity index (χ1v) is 10.3. The van der Waals surface area contributed by atoms with Crippen molar-refractivity contribution in [3.63, 3.8) is 0 Å². The fourth-order valence-corrected chi connectivity index (χ4v) is 4.56. The third-order valence-electron chi connectivity index (χ3n) is 4.06. The Morgan fingerprint density at radius 3 is 2.64 bits per heavy atom. The topological polar surface area (TPSA) is 79.0 Å². The van der Waals surface area contributed by atoms with E-state index in [0.717, 1.165) is 14.7 Å². The maximum Gasteiger partial charge on any atom is 0.326 e. The molecular formula is C17H16Cl2FN3O4S. The number of fused-ring (bicyclic) bond motifs is 1. The van der Waals surface area contributed by atoms with Gasteiger partial charge in [-0.2, -0.15) is 8.42 Å². The highest BCUT2D eigenvalue weighted by atomic mass is 35.5. The molecule has 0 aromatic heterocycles. The van der Waals surface area contributed by atoms with Crippen LogP contribution in [0.15, 0.2) is 36.4 Å². The zero-order valence-electron chi connectivity index (χ0n) is 14.7. The van der Waals surface area contributed by atoms with E-state index < -0.39 is 21.9 Å². The summed E-state index contributed by atoms with van der Waals surface area (Å²) in [6.45, 7) is -0.352. The molecular weight excluding hydrogens is 432 g/mol. The minimum atomic E-state index is -3.82. The van der Waals surface area contributed by atoms with Crippen LogP contribution in [0.1, 0.15) is 0 Å². The molecule has 0 unspecified atom stereocenters. The van der Waals surface area contributed by atoms with Crippen molar-refractivity contribution in [2.45, 2.75) is 0 Å². The Kier molecular flexibility index (Phi) is 5.87. The van der Waals surface area contributed by atoms with Crippen LogP contribution in [0, 0.1) is 5.82 Å². The average molecular weight is 448 g/mol. The highest BCUT2D eigenvalue weighted by molar-refractivity contribution is 7.94. The maximum atomic E-state index is 13.5. The molecule has 3 rings (SSSR count). The molecule has 1 amide bonds. The summed E-state index contributed by atoms with van der Waals surface area (Å²) in [5, 5.41) is 3.27. The number of nitrogens with zero attached hydrogens (tertiary/aromatic N) is 2. The van der Waals surface area contributed by atoms with Crippen molar-refractivity contribution in [2.24, 2.45) is 0 Å². The van der Waals surface area contributed by atoms with Crippen LogP contribution in [0.25, 0.3) is 0 Å². The monoisotopic (exact) mass is 447 g/mol. The Labute approximate surface area is 171 Å². The summed E-state index contributed by atoms with van der Waals surface area (Å²) < 4.78 is 45.9. The van der Waals surface area contributed by atoms with Gasteiger partial charge in [-0.05, 0) is 30.3 Å². The smallest absolute Gasteiger partial charge is 0.326 e. The molecule has 7 nitrogen and oxygen atoms in total. The van der Waals surface area contributed by atoms with Gasteiger partial charge in [-0.1, -0.05) is 23.2 Å². The summed E-state index contributed by atoms with van der Waals surface area (Å²) in [4.78, 5) is 12.0. The Morgan fingerprint density at radius 2 is 1.93 bits per heavy atom. The van der Waals surface area contributed by atoms with Gasteiger partial charge in [-0.15, -0.1) is 0 Å². The number of hydrogen-bond donors (Lipinski definition) is 1. The molecule has 0 spiro atoms. The van der Waals surface area contributed by atoms with Crippen LogP contribution in [-0.4, -0.2) is 41.1 Å². The number of benzene rings is 2. The Bertz CT molecular complexity index is 1020. The standard InChI is InChI=1S/C17H16Cl2FN3O4S/c1-22-14-4-3-12(20)9-15(14)23(28(22,25)26)7-6-21-17(24)10-27-16-5-2-11(18)8-13(16)19/h2-5,8-9H,6-7,10H2,1H3,(H,21,24). The summed E-state index contributed by atoms with van der Waals surface area (Å²) in [6.07, 6.45) is 0. The van der Waals surface area contributed by atoms with Crippen LogP contribution in [0.4, 0.5) is 15.8 Å². The molecule has 0 saturated carbocycles. The molecule has 1 aliphatic rings. The second kappa shape index (κ2) is 8.02. The van der Waals surface area contributed by atoms with E-state index in [1.165, 1.54) is 31.3 Å². The summed E-state index contributed by atoms with van der Waals surface area (Å²) in [5.74, 6) is -0.712. The number of carbonyl (C=O) groups is 1. The molecule has 1 N–H and O–H groups in total. The molecule has 2 aromatic carbocycles. The molecule has 0 atom stereocenters. The SMILES string of the molecule is CN1c2ccc(F)cc2N(CCNC(=O)COc2ccc(Cl)cc2Cl)S1(=O)=O. The number of anilines is 2. The quantitative estimate of drug-likeness (QED) is 0.738. The summed E-state index contributed by atoms with van der Waals surface area (Å²) in [6, 6.07) is 8.33. The van der Waals surface area contributed by atoms with Crippen molar-refractivity contribution < 1.29 is 22.3 Å². The highest BCUT2D eigenvalue weighted by Gasteiger charge is 2.37. The predicted octanol–water partition coefficient (Wildman–Crippen LogP) is 2.83. The van der Waals surface area contributed by atoms with Crippen LogP contribution in [0.2, 0.25) is 10.0 Å². The van der Waals surface area contributed by atoms with Gasteiger partial charge in [0.25, 0.3) is 5.91 Å². The Balaban J connectivity index is 1.57. The summed E-state index contributed by atoms with van der Waals surface area (Å²) >= 11 is 11.7. The molecule has 0 aliphatic carbocycles. The molecule has 0 saturated heterocycles. The molecule has 11 heteroatoms. The number of ether oxygens (including phenoxy) is 1. The molecule has 0 fully saturated rings. The molecule has 0 radical (unpaired) electrons. The second-order valence-corrected chi connectivity index (χ2v) is 8.62. The van der Waals surface area contributed by atoms with E-state index in [1.807, 2.05) is 0 Å². The first-order valence-electron chi connectivity index (χ1n) is 8.11. The zero-order chi connectivity index (χ0) is 20.5. The van der Waals surface area contributed by atoms with Crippen LogP contribution in [-0.2, 0) is 15.0 Å². The van der Waals surface area contributed by atoms with Crippen LogP contribution < -0.4 is 18.7 Å². The van der Waals surface area contributed by atoms with Gasteiger partial charge in [-0.25, -0.2) is 8.70 Å². The number of carbonyl (C=O) groups excluding carboxylic acids is 1. The van der Waals surface area contributed by atoms with Crippen LogP contribution >= 0.6 is 23.2 Å². The summed E-state index contributed by atoms with van der Waals surface area (Å²) in [7, 11) is -2.43. The predicted molar refractivity (Wildman–Crippen MR) is 106 cm³/mol. The lowest BCUT2D eigenvalue weighted by Crippen LogP contribution is -2.41. The number of amides is 1. The zero-order valence-corrected chi connectivity index (χ0v) is 17.0. The highest BCUT2D eigenvalue weighted by Crippen LogP contribution is 2.39. The number of halogens is 3. The van der Waals surface area contributed by atoms with Crippen molar-refractivity contribution in [1.29, 1.82) is 0 Å². The fraction of sp³-hybridized carbons (Fsp3) is 0.235. The molecule has 0 bridgehead atoms. The average Bonchev–Trinajstić information content (AvgIpc) is 2.81. The van der Waals surface area contributed by atoms with Gasteiger partial charge < -0.3 is 10.1 Å². The Hall–Kier alpha value is -2.23. The number of nitrogens with one attached hydrogen (secondary N) is 1. The van der Waals surface area contributed by atoms with E-state index in [1.54, 1.807) is 6.07 Å². The van der Waals surface area contributed by atoms with Gasteiger partial charge in [-0.3, -0.25) is 9.10 Å². The largest absolute Gasteiger partial charge is 0.482 e. The van der Waals surface area contributed by atoms with E-state index in [4.69, 9.17) is 27.9 Å². The summed E-state index contributed by atoms with van der Waals surface area (Å²) in [5.41, 5.74) is 0.592. The Morgan fingerprint density at radius 1 is 1.18 bits per heavy atom. The van der Waals surface area contributed by atoms with Crippen molar-refractivity contribution in [3.8, 4) is 5.75 Å². The van der Waals surface area contributed by atoms with Crippen LogP contribution in [0.5, 0.6) is 5.75 Å². The minimum absolute atomic E-state index is 0.0135. The third kappa shape index (κ3) is 4.11. The van der Waals surface area contributed by atoms with Crippen molar-refractivity contribution in [3.05, 3.63) is 52.3 Å². The van der Waals surface area contributed by atoms with Gasteiger partial charge in [0.05, 0.1) is 22.9 Å². The lowest BCUT2D eigenvalue weighted by atomic mass is 10.2. The molecule has 1 heterocycles. The lowest BCUT2D eigenvalue weighted by molar-refractivity contribution is -0.123. The van der Waals surface area contributed by atoms with Crippen molar-refractivity contribution in [1.82, 2.24) is 5.32 Å². The second-order valence-electron chi connectivity index (χ2n) is 5.89. The van der Waals surface area contributed by atoms with E-state index >= 15 is 0 Å². The molecule has 150 valence electrons. The number of rotatable bonds is 6. The first kappa shape index (κ1) is 20.5. The van der Waals surface area contributed by atoms with Gasteiger partial charge in [0, 0.05) is 24.7 Å². The van der Waals surface area contributed by atoms with E-state index in [9.17, 15) is 17.6 Å². The minimum Gasteiger partial charge on any atom is -0.482 e. The normalized spacial score (nSPS) is 14.7. The van der Waals surface area contributed by atoms with Gasteiger partial charge in [0.2, 0.25) is 0 Å². The van der Waals surface area contributed by atoms with Gasteiger partial charge >= 0.3 is 10.2 Å². The van der Waals surface area contributed by atoms with Gasteiger partial charge in [0.15, 0.2) is 6.61 Å². The van der Waals surface area contributed by atoms with Crippen molar-refractivity contribution >= 4 is 50.7 Å². The van der Waals surface area contributed by atoms with Crippen molar-refractivity contribution in [2.75, 3.05) is 35.4 Å². The first-order chi connectivity index (χ1) is 13.2. The number of hydrogen-bond acceptors (Lipinski definition) is 4. The lowest BCUT2D eigenvalue weighted by Gasteiger charge is -2.19. The van der Waals surface area contributed by atoms with E-state index in [2.05, 4.69) is 5.32 Å².